The van der Waals surface area contributed by atoms with Crippen molar-refractivity contribution in [2.45, 2.75) is 68.7 Å². The number of aliphatic carboxylic acids is 1. The molecule has 0 aliphatic carbocycles. The van der Waals surface area contributed by atoms with Crippen molar-refractivity contribution < 1.29 is 55.8 Å². The maximum absolute atomic E-state index is 13.5. The Kier molecular flexibility index (Phi) is 15.3. The minimum absolute atomic E-state index is 0.00335. The van der Waals surface area contributed by atoms with Crippen molar-refractivity contribution in [3.8, 4) is 0 Å². The topological polar surface area (TPSA) is 233 Å². The first-order valence-corrected chi connectivity index (χ1v) is 18.1. The molecule has 15 nitrogen and oxygen atoms in total. The average Bonchev–Trinajstić information content (AvgIpc) is 3.09. The molecule has 0 saturated carbocycles. The number of carboxylic acids is 2. The Morgan fingerprint density at radius 2 is 1.52 bits per heavy atom. The first kappa shape index (κ1) is 43.1. The number of urea groups is 1. The summed E-state index contributed by atoms with van der Waals surface area (Å²) >= 11 is 5.55. The number of rotatable bonds is 18. The number of unbranched alkanes of at least 4 members (excludes halogenated alkanes) is 1. The number of benzene rings is 2. The van der Waals surface area contributed by atoms with E-state index in [1.165, 1.54) is 36.7 Å². The van der Waals surface area contributed by atoms with Crippen LogP contribution < -0.4 is 26.0 Å². The number of nitrogens with one attached hydrogen (secondary N) is 5. The summed E-state index contributed by atoms with van der Waals surface area (Å²) in [4.78, 5) is 65.6. The Balaban J connectivity index is 1.60. The molecule has 54 heavy (non-hydrogen) atoms. The number of hydrogen-bond acceptors (Lipinski definition) is 8. The maximum Gasteiger partial charge on any atom is 0.417 e. The number of amides is 4. The standard InChI is InChI=1S/C34H38ClF3N6O9S/c1-19(2)28(30(46)41-22-8-6-21(7-9-22)31(47)48)43-29(45)27(17-20-12-15-39-16-13-20)42-33(51)40-14-4-3-5-26(32(49)50)44-54(52,53)23-10-11-25(35)24(18-23)34(36,37)38/h6-13,15-16,18-19,26-28,44H,3-5,14,17H2,1-2H3,(H,41,46)(H,43,45)(H,47,48)(H,49,50)(H2,40,42,51)/t26-,27-,28-/m0/s1. The third-order valence-electron chi connectivity index (χ3n) is 7.81. The SMILES string of the molecule is CC(C)[C@H](NC(=O)[C@H](Cc1ccncc1)NC(=O)NCCCC[C@H](NS(=O)(=O)c1ccc(Cl)c(C(F)(F)F)c1)C(=O)O)C(=O)Nc1ccc(C(=O)O)cc1. The molecule has 292 valence electrons. The normalized spacial score (nSPS) is 13.3. The highest BCUT2D eigenvalue weighted by molar-refractivity contribution is 7.89. The number of carbonyl (C=O) groups excluding carboxylic acids is 3. The van der Waals surface area contributed by atoms with Crippen LogP contribution in [-0.4, -0.2) is 78.1 Å². The van der Waals surface area contributed by atoms with E-state index >= 15 is 0 Å². The van der Waals surface area contributed by atoms with Crippen LogP contribution in [0.3, 0.4) is 0 Å². The van der Waals surface area contributed by atoms with Crippen molar-refractivity contribution in [2.75, 3.05) is 11.9 Å². The lowest BCUT2D eigenvalue weighted by Gasteiger charge is -2.25. The number of carboxylic acid groups (broad SMARTS) is 2. The summed E-state index contributed by atoms with van der Waals surface area (Å²) < 4.78 is 67.1. The summed E-state index contributed by atoms with van der Waals surface area (Å²) in [5.41, 5.74) is -0.467. The van der Waals surface area contributed by atoms with E-state index in [0.717, 1.165) is 12.1 Å². The first-order chi connectivity index (χ1) is 25.3. The maximum atomic E-state index is 13.5. The van der Waals surface area contributed by atoms with E-state index in [1.807, 2.05) is 4.72 Å². The Morgan fingerprint density at radius 1 is 0.870 bits per heavy atom. The third kappa shape index (κ3) is 13.0. The van der Waals surface area contributed by atoms with Gasteiger partial charge in [-0.05, 0) is 85.3 Å². The zero-order chi connectivity index (χ0) is 40.2. The molecular weight excluding hydrogens is 761 g/mol. The van der Waals surface area contributed by atoms with Crippen molar-refractivity contribution in [3.05, 3.63) is 88.7 Å². The number of aromatic nitrogens is 1. The second-order valence-corrected chi connectivity index (χ2v) is 14.4. The van der Waals surface area contributed by atoms with Crippen LogP contribution in [0, 0.1) is 5.92 Å². The fourth-order valence-corrected chi connectivity index (χ4v) is 6.40. The van der Waals surface area contributed by atoms with Gasteiger partial charge < -0.3 is 31.5 Å². The molecule has 2 aromatic carbocycles. The van der Waals surface area contributed by atoms with Crippen molar-refractivity contribution in [1.29, 1.82) is 0 Å². The predicted octanol–water partition coefficient (Wildman–Crippen LogP) is 4.04. The second-order valence-electron chi connectivity index (χ2n) is 12.3. The van der Waals surface area contributed by atoms with Gasteiger partial charge in [0.05, 0.1) is 21.0 Å². The van der Waals surface area contributed by atoms with Crippen LogP contribution in [0.25, 0.3) is 0 Å². The molecule has 1 aromatic heterocycles. The fraction of sp³-hybridized carbons (Fsp3) is 0.353. The highest BCUT2D eigenvalue weighted by atomic mass is 35.5. The lowest BCUT2D eigenvalue weighted by atomic mass is 10.0. The van der Waals surface area contributed by atoms with E-state index < -0.39 is 85.5 Å². The average molecular weight is 799 g/mol. The van der Waals surface area contributed by atoms with Gasteiger partial charge in [-0.1, -0.05) is 25.4 Å². The molecule has 0 unspecified atom stereocenters. The summed E-state index contributed by atoms with van der Waals surface area (Å²) in [5, 5.41) is 28.3. The number of anilines is 1. The van der Waals surface area contributed by atoms with E-state index in [2.05, 4.69) is 26.3 Å². The highest BCUT2D eigenvalue weighted by Crippen LogP contribution is 2.36. The van der Waals surface area contributed by atoms with E-state index in [4.69, 9.17) is 16.7 Å². The molecule has 7 N–H and O–H groups in total. The Labute approximate surface area is 313 Å². The van der Waals surface area contributed by atoms with Crippen molar-refractivity contribution in [3.63, 3.8) is 0 Å². The molecule has 0 aliphatic heterocycles. The van der Waals surface area contributed by atoms with Crippen LogP contribution in [-0.2, 0) is 37.0 Å². The van der Waals surface area contributed by atoms with Gasteiger partial charge in [0, 0.05) is 31.0 Å². The molecule has 1 heterocycles. The van der Waals surface area contributed by atoms with Crippen LogP contribution in [0.2, 0.25) is 5.02 Å². The van der Waals surface area contributed by atoms with Crippen molar-refractivity contribution in [2.24, 2.45) is 5.92 Å². The van der Waals surface area contributed by atoms with Gasteiger partial charge in [-0.2, -0.15) is 17.9 Å². The number of hydrogen-bond donors (Lipinski definition) is 7. The number of pyridine rings is 1. The molecule has 3 rings (SSSR count). The summed E-state index contributed by atoms with van der Waals surface area (Å²) in [6.45, 7) is 3.34. The number of aromatic carboxylic acids is 1. The van der Waals surface area contributed by atoms with Gasteiger partial charge >= 0.3 is 24.1 Å². The van der Waals surface area contributed by atoms with Crippen LogP contribution in [0.4, 0.5) is 23.7 Å². The zero-order valence-electron chi connectivity index (χ0n) is 28.8. The van der Waals surface area contributed by atoms with E-state index in [0.29, 0.717) is 17.3 Å². The first-order valence-electron chi connectivity index (χ1n) is 16.3. The van der Waals surface area contributed by atoms with Crippen LogP contribution in [0.15, 0.2) is 71.9 Å². The molecule has 0 radical (unpaired) electrons. The number of nitrogens with zero attached hydrogens (tertiary/aromatic N) is 1. The molecule has 0 saturated heterocycles. The molecule has 20 heteroatoms. The molecule has 4 amide bonds. The Bertz CT molecular complexity index is 1920. The molecule has 3 atom stereocenters. The van der Waals surface area contributed by atoms with Gasteiger partial charge in [-0.3, -0.25) is 19.4 Å². The molecule has 0 bridgehead atoms. The zero-order valence-corrected chi connectivity index (χ0v) is 30.4. The number of halogens is 4. The van der Waals surface area contributed by atoms with Gasteiger partial charge in [0.2, 0.25) is 21.8 Å². The van der Waals surface area contributed by atoms with Crippen molar-refractivity contribution in [1.82, 2.24) is 25.7 Å². The van der Waals surface area contributed by atoms with Gasteiger partial charge in [-0.25, -0.2) is 18.0 Å². The Morgan fingerprint density at radius 3 is 2.09 bits per heavy atom. The number of carbonyl (C=O) groups is 5. The summed E-state index contributed by atoms with van der Waals surface area (Å²) in [6.07, 6.45) is -2.06. The lowest BCUT2D eigenvalue weighted by Crippen LogP contribution is -2.56. The fourth-order valence-electron chi connectivity index (χ4n) is 4.93. The molecule has 0 spiro atoms. The summed E-state index contributed by atoms with van der Waals surface area (Å²) in [7, 11) is -4.70. The van der Waals surface area contributed by atoms with E-state index in [-0.39, 0.29) is 37.8 Å². The van der Waals surface area contributed by atoms with Gasteiger partial charge in [-0.15, -0.1) is 0 Å². The van der Waals surface area contributed by atoms with Gasteiger partial charge in [0.15, 0.2) is 0 Å². The van der Waals surface area contributed by atoms with Crippen LogP contribution in [0.1, 0.15) is 54.6 Å². The minimum atomic E-state index is -4.95. The number of alkyl halides is 3. The summed E-state index contributed by atoms with van der Waals surface area (Å²) in [5.74, 6) is -4.42. The van der Waals surface area contributed by atoms with E-state index in [1.54, 1.807) is 26.0 Å². The van der Waals surface area contributed by atoms with Gasteiger partial charge in [0.25, 0.3) is 0 Å². The Hall–Kier alpha value is -5.27. The van der Waals surface area contributed by atoms with Crippen LogP contribution >= 0.6 is 11.6 Å². The summed E-state index contributed by atoms with van der Waals surface area (Å²) in [6, 6.07) is 5.77. The molecule has 0 fully saturated rings. The third-order valence-corrected chi connectivity index (χ3v) is 9.61. The van der Waals surface area contributed by atoms with Gasteiger partial charge in [0.1, 0.15) is 18.1 Å². The molecule has 0 aliphatic rings. The molecule has 3 aromatic rings. The molecular formula is C34H38ClF3N6O9S. The van der Waals surface area contributed by atoms with Crippen molar-refractivity contribution >= 4 is 57.1 Å². The number of sulfonamides is 1. The monoisotopic (exact) mass is 798 g/mol. The predicted molar refractivity (Wildman–Crippen MR) is 189 cm³/mol. The lowest BCUT2D eigenvalue weighted by molar-refractivity contribution is -0.139. The highest BCUT2D eigenvalue weighted by Gasteiger charge is 2.35. The van der Waals surface area contributed by atoms with E-state index in [9.17, 15) is 50.7 Å². The smallest absolute Gasteiger partial charge is 0.417 e. The minimum Gasteiger partial charge on any atom is -0.480 e. The van der Waals surface area contributed by atoms with Crippen LogP contribution in [0.5, 0.6) is 0 Å². The second kappa shape index (κ2) is 19.2. The quantitative estimate of drug-likeness (QED) is 0.0913. The largest absolute Gasteiger partial charge is 0.480 e.